The third-order valence-electron chi connectivity index (χ3n) is 9.13. The molecule has 0 fully saturated rings. The molecule has 7 aromatic carbocycles. The minimum absolute atomic E-state index is 0.00137. The first-order valence-electron chi connectivity index (χ1n) is 16.8. The van der Waals surface area contributed by atoms with Crippen LogP contribution in [0.5, 0.6) is 11.5 Å². The summed E-state index contributed by atoms with van der Waals surface area (Å²) in [5.41, 5.74) is 10.00. The molecule has 0 unspecified atom stereocenters. The first-order chi connectivity index (χ1) is 28.2. The summed E-state index contributed by atoms with van der Waals surface area (Å²) in [6.07, 6.45) is 0. The highest BCUT2D eigenvalue weighted by Crippen LogP contribution is 2.50. The topological polar surface area (TPSA) is 262 Å². The Labute approximate surface area is 345 Å². The standard InChI is InChI=1S/C40H23Cl3N8O8/c41-19-10-13-27(29(16-19)50(56)57)46-48-35-23-7-3-1-5-21(23)31(33(37(35)52)39(44)54)18-9-12-25(26(43)15-18)32-22-6-2-4-8-24(22)36(38(53)34(32)40(45)55)49-47-28-14-11-20(42)17-30(28)51(58)59/h1-17,52-53H,(H2,44,54)(H2,45,55). The molecule has 0 saturated heterocycles. The molecular weight excluding hydrogens is 827 g/mol. The van der Waals surface area contributed by atoms with E-state index < -0.39 is 50.1 Å². The maximum atomic E-state index is 13.1. The van der Waals surface area contributed by atoms with E-state index in [1.165, 1.54) is 42.5 Å². The van der Waals surface area contributed by atoms with Crippen molar-refractivity contribution in [1.29, 1.82) is 0 Å². The average molecular weight is 850 g/mol. The Hall–Kier alpha value is -7.53. The van der Waals surface area contributed by atoms with Crippen molar-refractivity contribution >= 4 is 102 Å². The maximum absolute atomic E-state index is 13.1. The van der Waals surface area contributed by atoms with Crippen molar-refractivity contribution in [3.8, 4) is 33.8 Å². The molecule has 0 atom stereocenters. The predicted octanol–water partition coefficient (Wildman–Crippen LogP) is 11.5. The molecule has 0 aliphatic rings. The zero-order valence-corrected chi connectivity index (χ0v) is 31.9. The Morgan fingerprint density at radius 1 is 0.559 bits per heavy atom. The normalized spacial score (nSPS) is 11.5. The number of aromatic hydroxyl groups is 2. The van der Waals surface area contributed by atoms with Crippen molar-refractivity contribution in [2.24, 2.45) is 31.9 Å². The lowest BCUT2D eigenvalue weighted by Gasteiger charge is -2.19. The van der Waals surface area contributed by atoms with Crippen LogP contribution in [0, 0.1) is 20.2 Å². The lowest BCUT2D eigenvalue weighted by Crippen LogP contribution is -2.14. The number of hydrogen-bond acceptors (Lipinski definition) is 12. The number of nitrogens with zero attached hydrogens (tertiary/aromatic N) is 6. The number of halogens is 3. The fourth-order valence-corrected chi connectivity index (χ4v) is 7.22. The summed E-state index contributed by atoms with van der Waals surface area (Å²) in [4.78, 5) is 48.2. The van der Waals surface area contributed by atoms with Gasteiger partial charge in [0.05, 0.1) is 21.0 Å². The average Bonchev–Trinajstić information content (AvgIpc) is 3.19. The lowest BCUT2D eigenvalue weighted by molar-refractivity contribution is -0.384. The van der Waals surface area contributed by atoms with E-state index in [4.69, 9.17) is 46.3 Å². The quantitative estimate of drug-likeness (QED) is 0.0582. The third kappa shape index (κ3) is 7.30. The Morgan fingerprint density at radius 2 is 0.983 bits per heavy atom. The number of rotatable bonds is 10. The number of amides is 2. The molecule has 0 aromatic heterocycles. The van der Waals surface area contributed by atoms with E-state index in [0.717, 1.165) is 12.1 Å². The maximum Gasteiger partial charge on any atom is 0.298 e. The first-order valence-corrected chi connectivity index (χ1v) is 18.0. The van der Waals surface area contributed by atoms with Crippen molar-refractivity contribution < 1.29 is 29.6 Å². The predicted molar refractivity (Wildman–Crippen MR) is 222 cm³/mol. The van der Waals surface area contributed by atoms with Crippen molar-refractivity contribution in [3.05, 3.63) is 150 Å². The third-order valence-corrected chi connectivity index (χ3v) is 9.91. The van der Waals surface area contributed by atoms with Gasteiger partial charge in [0.15, 0.2) is 22.9 Å². The summed E-state index contributed by atoms with van der Waals surface area (Å²) >= 11 is 18.9. The highest BCUT2D eigenvalue weighted by atomic mass is 35.5. The second kappa shape index (κ2) is 15.8. The van der Waals surface area contributed by atoms with Crippen LogP contribution in [0.4, 0.5) is 34.1 Å². The summed E-state index contributed by atoms with van der Waals surface area (Å²) in [5, 5.41) is 64.2. The highest BCUT2D eigenvalue weighted by molar-refractivity contribution is 6.35. The molecule has 0 radical (unpaired) electrons. The van der Waals surface area contributed by atoms with Crippen LogP contribution in [0.25, 0.3) is 43.8 Å². The molecule has 0 aliphatic heterocycles. The van der Waals surface area contributed by atoms with Gasteiger partial charge in [0.1, 0.15) is 11.4 Å². The van der Waals surface area contributed by atoms with Crippen molar-refractivity contribution in [2.75, 3.05) is 0 Å². The van der Waals surface area contributed by atoms with Crippen LogP contribution in [-0.4, -0.2) is 31.9 Å². The summed E-state index contributed by atoms with van der Waals surface area (Å²) in [6.45, 7) is 0. The van der Waals surface area contributed by atoms with Crippen molar-refractivity contribution in [3.63, 3.8) is 0 Å². The molecule has 0 heterocycles. The Morgan fingerprint density at radius 3 is 1.41 bits per heavy atom. The number of carbonyl (C=O) groups is 2. The van der Waals surface area contributed by atoms with Gasteiger partial charge < -0.3 is 21.7 Å². The van der Waals surface area contributed by atoms with Gasteiger partial charge in [0.2, 0.25) is 0 Å². The van der Waals surface area contributed by atoms with Crippen LogP contribution in [0.15, 0.2) is 124 Å². The molecule has 292 valence electrons. The molecule has 7 aromatic rings. The monoisotopic (exact) mass is 848 g/mol. The Balaban J connectivity index is 1.41. The van der Waals surface area contributed by atoms with Gasteiger partial charge in [-0.3, -0.25) is 29.8 Å². The van der Waals surface area contributed by atoms with Gasteiger partial charge in [0.25, 0.3) is 23.2 Å². The molecular formula is C40H23Cl3N8O8. The molecule has 0 bridgehead atoms. The summed E-state index contributed by atoms with van der Waals surface area (Å²) < 4.78 is 0. The molecule has 2 amide bonds. The van der Waals surface area contributed by atoms with E-state index >= 15 is 0 Å². The minimum Gasteiger partial charge on any atom is -0.505 e. The van der Waals surface area contributed by atoms with Crippen LogP contribution in [-0.2, 0) is 0 Å². The smallest absolute Gasteiger partial charge is 0.298 e. The molecule has 59 heavy (non-hydrogen) atoms. The number of benzene rings is 7. The fraction of sp³-hybridized carbons (Fsp3) is 0. The van der Waals surface area contributed by atoms with Crippen molar-refractivity contribution in [1.82, 2.24) is 0 Å². The van der Waals surface area contributed by atoms with Gasteiger partial charge in [-0.05, 0) is 46.7 Å². The van der Waals surface area contributed by atoms with E-state index in [1.807, 2.05) is 0 Å². The van der Waals surface area contributed by atoms with Gasteiger partial charge >= 0.3 is 0 Å². The van der Waals surface area contributed by atoms with Crippen LogP contribution >= 0.6 is 34.8 Å². The minimum atomic E-state index is -1.07. The van der Waals surface area contributed by atoms with Crippen molar-refractivity contribution in [2.45, 2.75) is 0 Å². The van der Waals surface area contributed by atoms with E-state index in [9.17, 15) is 40.0 Å². The molecule has 0 saturated carbocycles. The second-order valence-electron chi connectivity index (χ2n) is 12.6. The first kappa shape index (κ1) is 39.7. The number of nitrogens with two attached hydrogens (primary N) is 2. The van der Waals surface area contributed by atoms with Gasteiger partial charge in [-0.1, -0.05) is 95.5 Å². The Bertz CT molecular complexity index is 3050. The van der Waals surface area contributed by atoms with Crippen LogP contribution in [0.1, 0.15) is 20.7 Å². The second-order valence-corrected chi connectivity index (χ2v) is 13.9. The number of nitro benzene ring substituents is 2. The number of hydrogen-bond donors (Lipinski definition) is 4. The zero-order chi connectivity index (χ0) is 42.3. The number of fused-ring (bicyclic) bond motifs is 2. The van der Waals surface area contributed by atoms with Crippen LogP contribution in [0.3, 0.4) is 0 Å². The highest BCUT2D eigenvalue weighted by Gasteiger charge is 2.28. The van der Waals surface area contributed by atoms with Gasteiger partial charge in [0, 0.05) is 54.7 Å². The van der Waals surface area contributed by atoms with E-state index in [2.05, 4.69) is 20.5 Å². The summed E-state index contributed by atoms with van der Waals surface area (Å²) in [5.74, 6) is -3.49. The largest absolute Gasteiger partial charge is 0.505 e. The summed E-state index contributed by atoms with van der Waals surface area (Å²) in [7, 11) is 0. The van der Waals surface area contributed by atoms with Crippen LogP contribution < -0.4 is 11.5 Å². The van der Waals surface area contributed by atoms with Gasteiger partial charge in [-0.25, -0.2) is 0 Å². The van der Waals surface area contributed by atoms with Crippen LogP contribution in [0.2, 0.25) is 15.1 Å². The molecule has 16 nitrogen and oxygen atoms in total. The fourth-order valence-electron chi connectivity index (χ4n) is 6.61. The molecule has 6 N–H and O–H groups in total. The van der Waals surface area contributed by atoms with E-state index in [1.54, 1.807) is 48.5 Å². The van der Waals surface area contributed by atoms with Gasteiger partial charge in [-0.2, -0.15) is 0 Å². The number of phenols is 2. The van der Waals surface area contributed by atoms with Gasteiger partial charge in [-0.15, -0.1) is 20.5 Å². The summed E-state index contributed by atoms with van der Waals surface area (Å²) in [6, 6.07) is 25.0. The SMILES string of the molecule is NC(=O)c1c(O)c(N=Nc2ccc(Cl)cc2[N+](=O)[O-])c2ccccc2c1-c1ccc(-c2c(C(N)=O)c(O)c(N=Nc3ccc(Cl)cc3[N+](=O)[O-])c3ccccc23)c(Cl)c1. The zero-order valence-electron chi connectivity index (χ0n) is 29.6. The van der Waals surface area contributed by atoms with E-state index in [0.29, 0.717) is 10.8 Å². The molecule has 0 spiro atoms. The number of primary amides is 2. The number of carbonyl (C=O) groups excluding carboxylic acids is 2. The molecule has 7 rings (SSSR count). The van der Waals surface area contributed by atoms with E-state index in [-0.39, 0.29) is 76.4 Å². The Kier molecular flexibility index (Phi) is 10.6. The number of nitro groups is 2. The lowest BCUT2D eigenvalue weighted by atomic mass is 9.88. The number of azo groups is 2. The molecule has 0 aliphatic carbocycles. The molecule has 19 heteroatoms.